The molecule has 0 aliphatic heterocycles. The van der Waals surface area contributed by atoms with E-state index in [0.29, 0.717) is 0 Å². The van der Waals surface area contributed by atoms with Crippen molar-refractivity contribution in [1.82, 2.24) is 4.72 Å². The Kier molecular flexibility index (Phi) is 3.90. The molecule has 0 saturated carbocycles. The third-order valence-electron chi connectivity index (χ3n) is 1.76. The summed E-state index contributed by atoms with van der Waals surface area (Å²) in [6, 6.07) is 3.54. The molecular formula is C9H10ClFN2O2S. The van der Waals surface area contributed by atoms with Crippen molar-refractivity contribution in [3.63, 3.8) is 0 Å². The number of anilines is 1. The number of hydrogen-bond donors (Lipinski definition) is 2. The Morgan fingerprint density at radius 2 is 2.19 bits per heavy atom. The predicted octanol–water partition coefficient (Wildman–Crippen LogP) is 1.44. The Balaban J connectivity index is 3.08. The van der Waals surface area contributed by atoms with Gasteiger partial charge in [0.25, 0.3) is 0 Å². The van der Waals surface area contributed by atoms with Gasteiger partial charge in [0.1, 0.15) is 10.7 Å². The molecule has 0 aromatic heterocycles. The molecule has 0 atom stereocenters. The number of halogens is 2. The van der Waals surface area contributed by atoms with E-state index >= 15 is 0 Å². The first-order valence-corrected chi connectivity index (χ1v) is 6.07. The third-order valence-corrected chi connectivity index (χ3v) is 3.35. The summed E-state index contributed by atoms with van der Waals surface area (Å²) in [6.07, 6.45) is 0. The van der Waals surface area contributed by atoms with Gasteiger partial charge in [-0.25, -0.2) is 17.5 Å². The Labute approximate surface area is 98.0 Å². The first-order chi connectivity index (χ1) is 7.34. The number of nitrogens with two attached hydrogens (primary N) is 1. The minimum absolute atomic E-state index is 0.124. The first kappa shape index (κ1) is 13.0. The molecule has 0 saturated heterocycles. The van der Waals surface area contributed by atoms with Crippen LogP contribution >= 0.6 is 11.6 Å². The second-order valence-electron chi connectivity index (χ2n) is 2.99. The van der Waals surface area contributed by atoms with Crippen LogP contribution in [0.15, 0.2) is 34.7 Å². The molecule has 0 amide bonds. The van der Waals surface area contributed by atoms with Crippen molar-refractivity contribution < 1.29 is 12.8 Å². The molecule has 0 aliphatic carbocycles. The van der Waals surface area contributed by atoms with E-state index in [4.69, 9.17) is 17.3 Å². The summed E-state index contributed by atoms with van der Waals surface area (Å²) >= 11 is 5.42. The number of para-hydroxylation sites is 1. The number of rotatable bonds is 4. The van der Waals surface area contributed by atoms with Crippen LogP contribution in [0.25, 0.3) is 0 Å². The van der Waals surface area contributed by atoms with Crippen molar-refractivity contribution in [3.8, 4) is 0 Å². The lowest BCUT2D eigenvalue weighted by molar-refractivity contribution is 0.582. The van der Waals surface area contributed by atoms with E-state index < -0.39 is 21.5 Å². The second kappa shape index (κ2) is 4.82. The molecule has 0 heterocycles. The van der Waals surface area contributed by atoms with E-state index in [1.807, 2.05) is 0 Å². The van der Waals surface area contributed by atoms with Crippen LogP contribution in [0.3, 0.4) is 0 Å². The standard InChI is InChI=1S/C9H10ClFN2O2S/c1-6(10)5-13-16(14,15)8-4-2-3-7(11)9(8)12/h2-4,13H,1,5,12H2. The molecule has 0 bridgehead atoms. The molecule has 3 N–H and O–H groups in total. The number of sulfonamides is 1. The fourth-order valence-corrected chi connectivity index (χ4v) is 2.31. The van der Waals surface area contributed by atoms with Gasteiger partial charge in [0, 0.05) is 11.6 Å². The van der Waals surface area contributed by atoms with Gasteiger partial charge in [0.05, 0.1) is 5.69 Å². The van der Waals surface area contributed by atoms with Crippen molar-refractivity contribution in [2.45, 2.75) is 4.90 Å². The third kappa shape index (κ3) is 2.94. The first-order valence-electron chi connectivity index (χ1n) is 4.21. The van der Waals surface area contributed by atoms with Crippen LogP contribution in [0, 0.1) is 5.82 Å². The topological polar surface area (TPSA) is 72.2 Å². The Hall–Kier alpha value is -1.11. The lowest BCUT2D eigenvalue weighted by atomic mass is 10.3. The fraction of sp³-hybridized carbons (Fsp3) is 0.111. The van der Waals surface area contributed by atoms with Gasteiger partial charge in [-0.05, 0) is 12.1 Å². The van der Waals surface area contributed by atoms with Crippen molar-refractivity contribution in [1.29, 1.82) is 0 Å². The number of hydrogen-bond acceptors (Lipinski definition) is 3. The monoisotopic (exact) mass is 264 g/mol. The van der Waals surface area contributed by atoms with Crippen LogP contribution in [-0.4, -0.2) is 15.0 Å². The molecular weight excluding hydrogens is 255 g/mol. The Morgan fingerprint density at radius 3 is 2.75 bits per heavy atom. The van der Waals surface area contributed by atoms with Crippen molar-refractivity contribution in [2.24, 2.45) is 0 Å². The summed E-state index contributed by atoms with van der Waals surface area (Å²) in [6.45, 7) is 3.19. The number of nitrogen functional groups attached to an aromatic ring is 1. The zero-order valence-corrected chi connectivity index (χ0v) is 9.78. The molecule has 16 heavy (non-hydrogen) atoms. The molecule has 0 aliphatic rings. The van der Waals surface area contributed by atoms with Gasteiger partial charge in [-0.3, -0.25) is 0 Å². The average Bonchev–Trinajstić information content (AvgIpc) is 2.19. The summed E-state index contributed by atoms with van der Waals surface area (Å²) in [4.78, 5) is -0.314. The molecule has 0 fully saturated rings. The summed E-state index contributed by atoms with van der Waals surface area (Å²) in [5.74, 6) is -0.785. The fourth-order valence-electron chi connectivity index (χ4n) is 1.00. The van der Waals surface area contributed by atoms with E-state index in [1.165, 1.54) is 12.1 Å². The molecule has 1 rings (SSSR count). The highest BCUT2D eigenvalue weighted by atomic mass is 35.5. The average molecular weight is 265 g/mol. The van der Waals surface area contributed by atoms with E-state index in [9.17, 15) is 12.8 Å². The largest absolute Gasteiger partial charge is 0.395 e. The second-order valence-corrected chi connectivity index (χ2v) is 5.26. The molecule has 1 aromatic carbocycles. The normalized spacial score (nSPS) is 11.4. The lowest BCUT2D eigenvalue weighted by Gasteiger charge is -2.08. The quantitative estimate of drug-likeness (QED) is 0.809. The van der Waals surface area contributed by atoms with E-state index in [0.717, 1.165) is 6.07 Å². The van der Waals surface area contributed by atoms with Gasteiger partial charge in [-0.1, -0.05) is 24.2 Å². The van der Waals surface area contributed by atoms with Crippen LogP contribution in [0.1, 0.15) is 0 Å². The van der Waals surface area contributed by atoms with E-state index in [1.54, 1.807) is 0 Å². The summed E-state index contributed by atoms with van der Waals surface area (Å²) < 4.78 is 38.5. The highest BCUT2D eigenvalue weighted by Crippen LogP contribution is 2.20. The van der Waals surface area contributed by atoms with Gasteiger partial charge in [-0.2, -0.15) is 0 Å². The van der Waals surface area contributed by atoms with Crippen LogP contribution in [0.4, 0.5) is 10.1 Å². The van der Waals surface area contributed by atoms with Gasteiger partial charge >= 0.3 is 0 Å². The molecule has 4 nitrogen and oxygen atoms in total. The van der Waals surface area contributed by atoms with Crippen molar-refractivity contribution in [3.05, 3.63) is 35.6 Å². The minimum atomic E-state index is -3.87. The summed E-state index contributed by atoms with van der Waals surface area (Å²) in [5, 5.41) is 0.124. The highest BCUT2D eigenvalue weighted by molar-refractivity contribution is 7.89. The maximum atomic E-state index is 13.0. The lowest BCUT2D eigenvalue weighted by Crippen LogP contribution is -2.25. The smallest absolute Gasteiger partial charge is 0.243 e. The zero-order chi connectivity index (χ0) is 12.3. The SMILES string of the molecule is C=C(Cl)CNS(=O)(=O)c1cccc(F)c1N. The van der Waals surface area contributed by atoms with E-state index in [-0.39, 0.29) is 16.5 Å². The van der Waals surface area contributed by atoms with Gasteiger partial charge in [-0.15, -0.1) is 0 Å². The van der Waals surface area contributed by atoms with E-state index in [2.05, 4.69) is 11.3 Å². The molecule has 7 heteroatoms. The minimum Gasteiger partial charge on any atom is -0.395 e. The molecule has 0 unspecified atom stereocenters. The van der Waals surface area contributed by atoms with Gasteiger partial charge < -0.3 is 5.73 Å². The highest BCUT2D eigenvalue weighted by Gasteiger charge is 2.18. The van der Waals surface area contributed by atoms with Crippen LogP contribution in [0.2, 0.25) is 0 Å². The summed E-state index contributed by atoms with van der Waals surface area (Å²) in [7, 11) is -3.87. The van der Waals surface area contributed by atoms with Crippen molar-refractivity contribution >= 4 is 27.3 Å². The van der Waals surface area contributed by atoms with Gasteiger partial charge in [0.15, 0.2) is 0 Å². The number of nitrogens with one attached hydrogen (secondary N) is 1. The van der Waals surface area contributed by atoms with Crippen LogP contribution < -0.4 is 10.5 Å². The summed E-state index contributed by atoms with van der Waals surface area (Å²) in [5.41, 5.74) is 4.90. The zero-order valence-electron chi connectivity index (χ0n) is 8.20. The van der Waals surface area contributed by atoms with Crippen molar-refractivity contribution in [2.75, 3.05) is 12.3 Å². The molecule has 88 valence electrons. The predicted molar refractivity (Wildman–Crippen MR) is 61.0 cm³/mol. The molecule has 1 aromatic rings. The Morgan fingerprint density at radius 1 is 1.56 bits per heavy atom. The van der Waals surface area contributed by atoms with Gasteiger partial charge in [0.2, 0.25) is 10.0 Å². The maximum Gasteiger partial charge on any atom is 0.243 e. The number of benzene rings is 1. The van der Waals surface area contributed by atoms with Crippen LogP contribution in [0.5, 0.6) is 0 Å². The molecule has 0 spiro atoms. The van der Waals surface area contributed by atoms with Crippen LogP contribution in [-0.2, 0) is 10.0 Å². The Bertz CT molecular complexity index is 516. The molecule has 0 radical (unpaired) electrons. The maximum absolute atomic E-state index is 13.0.